The molecule has 0 saturated carbocycles. The number of carbonyl (C=O) groups excluding carboxylic acids is 1. The van der Waals surface area contributed by atoms with Gasteiger partial charge in [0.25, 0.3) is 0 Å². The number of anilines is 1. The van der Waals surface area contributed by atoms with Crippen LogP contribution >= 0.6 is 0 Å². The van der Waals surface area contributed by atoms with Gasteiger partial charge in [0.2, 0.25) is 0 Å². The van der Waals surface area contributed by atoms with Crippen LogP contribution in [0.5, 0.6) is 0 Å². The average molecular weight is 277 g/mol. The van der Waals surface area contributed by atoms with Crippen molar-refractivity contribution in [3.8, 4) is 0 Å². The molecule has 1 atom stereocenters. The molecule has 0 aliphatic heterocycles. The molecule has 20 heavy (non-hydrogen) atoms. The lowest BCUT2D eigenvalue weighted by atomic mass is 10.2. The summed E-state index contributed by atoms with van der Waals surface area (Å²) in [6.45, 7) is 4.26. The van der Waals surface area contributed by atoms with Crippen molar-refractivity contribution in [3.63, 3.8) is 0 Å². The average Bonchev–Trinajstić information content (AvgIpc) is 2.76. The number of fused-ring (bicyclic) bond motifs is 1. The van der Waals surface area contributed by atoms with Crippen LogP contribution in [0.4, 0.5) is 5.69 Å². The van der Waals surface area contributed by atoms with E-state index < -0.39 is 6.04 Å². The Morgan fingerprint density at radius 3 is 2.90 bits per heavy atom. The van der Waals surface area contributed by atoms with E-state index in [9.17, 15) is 4.79 Å². The highest BCUT2D eigenvalue weighted by molar-refractivity contribution is 5.89. The zero-order valence-corrected chi connectivity index (χ0v) is 11.9. The highest BCUT2D eigenvalue weighted by Crippen LogP contribution is 2.25. The first kappa shape index (κ1) is 14.3. The Morgan fingerprint density at radius 1 is 1.45 bits per heavy atom. The predicted octanol–water partition coefficient (Wildman–Crippen LogP) is 1.68. The number of nitrogens with zero attached hydrogens (tertiary/aromatic N) is 2. The summed E-state index contributed by atoms with van der Waals surface area (Å²) in [7, 11) is 1.56. The number of hydrogen-bond acceptors (Lipinski definition) is 5. The maximum atomic E-state index is 12.0. The second-order valence-corrected chi connectivity index (χ2v) is 4.58. The van der Waals surface area contributed by atoms with Crippen LogP contribution in [0.25, 0.3) is 11.0 Å². The highest BCUT2D eigenvalue weighted by Gasteiger charge is 2.21. The van der Waals surface area contributed by atoms with Crippen LogP contribution in [0.15, 0.2) is 18.2 Å². The molecule has 6 nitrogen and oxygen atoms in total. The Bertz CT molecular complexity index is 621. The fraction of sp³-hybridized carbons (Fsp3) is 0.429. The lowest BCUT2D eigenvalue weighted by Gasteiger charge is -2.15. The van der Waals surface area contributed by atoms with Gasteiger partial charge in [-0.25, -0.2) is 9.78 Å². The first-order valence-corrected chi connectivity index (χ1v) is 6.45. The molecule has 6 heteroatoms. The molecule has 0 fully saturated rings. The number of para-hydroxylation sites is 1. The van der Waals surface area contributed by atoms with Crippen LogP contribution in [0.1, 0.15) is 18.8 Å². The molecule has 0 amide bonds. The lowest BCUT2D eigenvalue weighted by Crippen LogP contribution is -2.21. The minimum absolute atomic E-state index is 0.244. The number of rotatable bonds is 5. The van der Waals surface area contributed by atoms with Crippen LogP contribution in [0.3, 0.4) is 0 Å². The third-order valence-electron chi connectivity index (χ3n) is 3.19. The van der Waals surface area contributed by atoms with Gasteiger partial charge >= 0.3 is 5.97 Å². The van der Waals surface area contributed by atoms with E-state index in [0.717, 1.165) is 11.3 Å². The largest absolute Gasteiger partial charge is 0.462 e. The van der Waals surface area contributed by atoms with E-state index in [1.165, 1.54) is 0 Å². The van der Waals surface area contributed by atoms with E-state index in [1.807, 2.05) is 23.6 Å². The second kappa shape index (κ2) is 5.92. The normalized spacial score (nSPS) is 12.6. The molecule has 1 aromatic carbocycles. The number of ether oxygens (including phenoxy) is 2. The summed E-state index contributed by atoms with van der Waals surface area (Å²) >= 11 is 0. The van der Waals surface area contributed by atoms with Gasteiger partial charge in [0, 0.05) is 7.11 Å². The molecule has 2 N–H and O–H groups in total. The molecule has 1 aromatic heterocycles. The summed E-state index contributed by atoms with van der Waals surface area (Å²) in [5, 5.41) is 0. The summed E-state index contributed by atoms with van der Waals surface area (Å²) < 4.78 is 11.9. The number of hydrogen-bond donors (Lipinski definition) is 1. The Morgan fingerprint density at radius 2 is 2.20 bits per heavy atom. The molecule has 0 aliphatic carbocycles. The monoisotopic (exact) mass is 277 g/mol. The van der Waals surface area contributed by atoms with E-state index in [-0.39, 0.29) is 12.6 Å². The Balaban J connectivity index is 2.30. The topological polar surface area (TPSA) is 79.4 Å². The van der Waals surface area contributed by atoms with Crippen molar-refractivity contribution >= 4 is 22.7 Å². The van der Waals surface area contributed by atoms with E-state index in [0.29, 0.717) is 17.8 Å². The van der Waals surface area contributed by atoms with Crippen LogP contribution in [-0.4, -0.2) is 35.8 Å². The maximum absolute atomic E-state index is 12.0. The van der Waals surface area contributed by atoms with E-state index in [1.54, 1.807) is 20.1 Å². The Kier molecular flexibility index (Phi) is 4.24. The van der Waals surface area contributed by atoms with Gasteiger partial charge in [-0.05, 0) is 26.0 Å². The molecule has 1 heterocycles. The van der Waals surface area contributed by atoms with Crippen LogP contribution in [-0.2, 0) is 14.3 Å². The fourth-order valence-electron chi connectivity index (χ4n) is 2.20. The quantitative estimate of drug-likeness (QED) is 0.511. The Labute approximate surface area is 117 Å². The van der Waals surface area contributed by atoms with Gasteiger partial charge < -0.3 is 19.8 Å². The fourth-order valence-corrected chi connectivity index (χ4v) is 2.20. The lowest BCUT2D eigenvalue weighted by molar-refractivity contribution is -0.148. The molecule has 1 unspecified atom stereocenters. The highest BCUT2D eigenvalue weighted by atomic mass is 16.6. The molecular weight excluding hydrogens is 258 g/mol. The van der Waals surface area contributed by atoms with Gasteiger partial charge in [0.1, 0.15) is 24.0 Å². The van der Waals surface area contributed by atoms with Crippen molar-refractivity contribution in [2.24, 2.45) is 0 Å². The summed E-state index contributed by atoms with van der Waals surface area (Å²) in [4.78, 5) is 16.5. The zero-order chi connectivity index (χ0) is 14.7. The van der Waals surface area contributed by atoms with Crippen LogP contribution in [0.2, 0.25) is 0 Å². The number of carbonyl (C=O) groups is 1. The van der Waals surface area contributed by atoms with Crippen molar-refractivity contribution in [2.45, 2.75) is 19.9 Å². The SMILES string of the molecule is COCCOC(=O)C(C)n1c(C)nc2c(N)cccc21. The van der Waals surface area contributed by atoms with Gasteiger partial charge in [-0.15, -0.1) is 0 Å². The number of benzene rings is 1. The van der Waals surface area contributed by atoms with Gasteiger partial charge in [-0.1, -0.05) is 6.07 Å². The molecule has 2 rings (SSSR count). The molecule has 0 spiro atoms. The number of nitrogens with two attached hydrogens (primary N) is 1. The van der Waals surface area contributed by atoms with Gasteiger partial charge in [-0.3, -0.25) is 0 Å². The smallest absolute Gasteiger partial charge is 0.328 e. The second-order valence-electron chi connectivity index (χ2n) is 4.58. The molecule has 0 aliphatic rings. The number of methoxy groups -OCH3 is 1. The van der Waals surface area contributed by atoms with Gasteiger partial charge in [-0.2, -0.15) is 0 Å². The molecule has 0 saturated heterocycles. The van der Waals surface area contributed by atoms with E-state index in [2.05, 4.69) is 4.98 Å². The number of aromatic nitrogens is 2. The Hall–Kier alpha value is -2.08. The first-order chi connectivity index (χ1) is 9.56. The van der Waals surface area contributed by atoms with E-state index >= 15 is 0 Å². The van der Waals surface area contributed by atoms with E-state index in [4.69, 9.17) is 15.2 Å². The third-order valence-corrected chi connectivity index (χ3v) is 3.19. The third kappa shape index (κ3) is 2.60. The minimum Gasteiger partial charge on any atom is -0.462 e. The standard InChI is InChI=1S/C14H19N3O3/c1-9(14(18)20-8-7-19-3)17-10(2)16-13-11(15)5-4-6-12(13)17/h4-6,9H,7-8,15H2,1-3H3. The number of esters is 1. The van der Waals surface area contributed by atoms with Crippen LogP contribution < -0.4 is 5.73 Å². The van der Waals surface area contributed by atoms with Crippen molar-refractivity contribution in [1.82, 2.24) is 9.55 Å². The molecule has 108 valence electrons. The molecule has 0 radical (unpaired) electrons. The van der Waals surface area contributed by atoms with Crippen molar-refractivity contribution in [1.29, 1.82) is 0 Å². The zero-order valence-electron chi connectivity index (χ0n) is 11.9. The van der Waals surface area contributed by atoms with Gasteiger partial charge in [0.15, 0.2) is 0 Å². The molecular formula is C14H19N3O3. The van der Waals surface area contributed by atoms with Crippen molar-refractivity contribution in [3.05, 3.63) is 24.0 Å². The summed E-state index contributed by atoms with van der Waals surface area (Å²) in [6.07, 6.45) is 0. The first-order valence-electron chi connectivity index (χ1n) is 6.45. The van der Waals surface area contributed by atoms with Gasteiger partial charge in [0.05, 0.1) is 17.8 Å². The summed E-state index contributed by atoms with van der Waals surface area (Å²) in [6, 6.07) is 5.07. The summed E-state index contributed by atoms with van der Waals surface area (Å²) in [5.74, 6) is 0.418. The van der Waals surface area contributed by atoms with Crippen LogP contribution in [0, 0.1) is 6.92 Å². The number of aryl methyl sites for hydroxylation is 1. The van der Waals surface area contributed by atoms with Crippen molar-refractivity contribution in [2.75, 3.05) is 26.1 Å². The molecule has 2 aromatic rings. The molecule has 0 bridgehead atoms. The number of imidazole rings is 1. The summed E-state index contributed by atoms with van der Waals surface area (Å²) in [5.41, 5.74) is 8.05. The number of nitrogen functional groups attached to an aromatic ring is 1. The van der Waals surface area contributed by atoms with Crippen molar-refractivity contribution < 1.29 is 14.3 Å². The maximum Gasteiger partial charge on any atom is 0.328 e. The predicted molar refractivity (Wildman–Crippen MR) is 76.4 cm³/mol. The minimum atomic E-state index is -0.460.